The molecule has 2 aromatic rings. The molecule has 1 aromatic heterocycles. The largest absolute Gasteiger partial charge is 0.480 e. The maximum atomic E-state index is 13.2. The van der Waals surface area contributed by atoms with Gasteiger partial charge < -0.3 is 15.0 Å². The van der Waals surface area contributed by atoms with Gasteiger partial charge in [0.2, 0.25) is 0 Å². The zero-order valence-electron chi connectivity index (χ0n) is 18.0. The molecule has 1 fully saturated rings. The number of aromatic nitrogens is 1. The summed E-state index contributed by atoms with van der Waals surface area (Å²) in [5.41, 5.74) is 0.722. The van der Waals surface area contributed by atoms with Crippen molar-refractivity contribution in [2.75, 3.05) is 0 Å². The summed E-state index contributed by atoms with van der Waals surface area (Å²) in [5, 5.41) is 12.4. The molecule has 3 rings (SSSR count). The number of aryl methyl sites for hydroxylation is 2. The highest BCUT2D eigenvalue weighted by Crippen LogP contribution is 2.29. The van der Waals surface area contributed by atoms with E-state index < -0.39 is 23.0 Å². The third kappa shape index (κ3) is 4.86. The Morgan fingerprint density at radius 2 is 1.81 bits per heavy atom. The highest BCUT2D eigenvalue weighted by Gasteiger charge is 2.41. The van der Waals surface area contributed by atoms with Gasteiger partial charge in [0.05, 0.1) is 0 Å². The zero-order chi connectivity index (χ0) is 22.6. The topological polar surface area (TPSA) is 88.4 Å². The maximum absolute atomic E-state index is 13.2. The van der Waals surface area contributed by atoms with E-state index in [1.54, 1.807) is 22.8 Å². The van der Waals surface area contributed by atoms with Gasteiger partial charge in [0.25, 0.3) is 11.5 Å². The van der Waals surface area contributed by atoms with Gasteiger partial charge in [-0.1, -0.05) is 38.3 Å². The SMILES string of the molecule is CCc1c(C)cc(C(=O)NC2(C(=O)O)CCCCC2)c(=O)n1CCc1ccc(F)cc1. The molecular formula is C24H29FN2O4. The van der Waals surface area contributed by atoms with Crippen LogP contribution in [0.4, 0.5) is 4.39 Å². The highest BCUT2D eigenvalue weighted by molar-refractivity contribution is 5.97. The van der Waals surface area contributed by atoms with Crippen LogP contribution in [0.25, 0.3) is 0 Å². The first-order valence-electron chi connectivity index (χ1n) is 10.8. The lowest BCUT2D eigenvalue weighted by molar-refractivity contribution is -0.145. The number of nitrogens with one attached hydrogen (secondary N) is 1. The van der Waals surface area contributed by atoms with Crippen LogP contribution in [0.1, 0.15) is 66.2 Å². The Hall–Kier alpha value is -2.96. The molecule has 0 aliphatic heterocycles. The first kappa shape index (κ1) is 22.7. The number of nitrogens with zero attached hydrogens (tertiary/aromatic N) is 1. The first-order valence-corrected chi connectivity index (χ1v) is 10.8. The van der Waals surface area contributed by atoms with Gasteiger partial charge in [0.15, 0.2) is 0 Å². The Morgan fingerprint density at radius 1 is 1.16 bits per heavy atom. The van der Waals surface area contributed by atoms with E-state index in [9.17, 15) is 23.9 Å². The molecule has 6 nitrogen and oxygen atoms in total. The van der Waals surface area contributed by atoms with Crippen LogP contribution in [-0.4, -0.2) is 27.1 Å². The van der Waals surface area contributed by atoms with Gasteiger partial charge in [0, 0.05) is 12.2 Å². The third-order valence-electron chi connectivity index (χ3n) is 6.20. The Bertz CT molecular complexity index is 1020. The number of carboxylic acids is 1. The fourth-order valence-electron chi connectivity index (χ4n) is 4.44. The number of carbonyl (C=O) groups is 2. The van der Waals surface area contributed by atoms with Crippen LogP contribution in [0.3, 0.4) is 0 Å². The van der Waals surface area contributed by atoms with Crippen LogP contribution in [-0.2, 0) is 24.2 Å². The fourth-order valence-corrected chi connectivity index (χ4v) is 4.44. The average Bonchev–Trinajstić information content (AvgIpc) is 2.75. The van der Waals surface area contributed by atoms with Gasteiger partial charge in [-0.2, -0.15) is 0 Å². The van der Waals surface area contributed by atoms with Crippen LogP contribution in [0.2, 0.25) is 0 Å². The summed E-state index contributed by atoms with van der Waals surface area (Å²) in [4.78, 5) is 38.2. The van der Waals surface area contributed by atoms with Crippen molar-refractivity contribution in [1.29, 1.82) is 0 Å². The number of hydrogen-bond acceptors (Lipinski definition) is 3. The van der Waals surface area contributed by atoms with Gasteiger partial charge in [-0.25, -0.2) is 9.18 Å². The molecule has 166 valence electrons. The minimum Gasteiger partial charge on any atom is -0.480 e. The van der Waals surface area contributed by atoms with Gasteiger partial charge in [-0.15, -0.1) is 0 Å². The molecule has 1 heterocycles. The van der Waals surface area contributed by atoms with Crippen LogP contribution >= 0.6 is 0 Å². The summed E-state index contributed by atoms with van der Waals surface area (Å²) in [5.74, 6) is -2.02. The van der Waals surface area contributed by atoms with Crippen molar-refractivity contribution in [3.63, 3.8) is 0 Å². The quantitative estimate of drug-likeness (QED) is 0.705. The summed E-state index contributed by atoms with van der Waals surface area (Å²) < 4.78 is 14.8. The van der Waals surface area contributed by atoms with E-state index >= 15 is 0 Å². The molecule has 0 bridgehead atoms. The zero-order valence-corrected chi connectivity index (χ0v) is 18.0. The van der Waals surface area contributed by atoms with Gasteiger partial charge in [0.1, 0.15) is 16.9 Å². The monoisotopic (exact) mass is 428 g/mol. The molecule has 7 heteroatoms. The summed E-state index contributed by atoms with van der Waals surface area (Å²) in [6, 6.07) is 7.67. The Morgan fingerprint density at radius 3 is 2.39 bits per heavy atom. The number of hydrogen-bond donors (Lipinski definition) is 2. The summed E-state index contributed by atoms with van der Waals surface area (Å²) in [6.45, 7) is 4.13. The number of pyridine rings is 1. The van der Waals surface area contributed by atoms with Crippen molar-refractivity contribution in [2.45, 2.75) is 70.9 Å². The molecular weight excluding hydrogens is 399 g/mol. The van der Waals surface area contributed by atoms with Crippen molar-refractivity contribution < 1.29 is 19.1 Å². The van der Waals surface area contributed by atoms with Gasteiger partial charge >= 0.3 is 5.97 Å². The van der Waals surface area contributed by atoms with Crippen LogP contribution in [0, 0.1) is 12.7 Å². The van der Waals surface area contributed by atoms with E-state index in [1.807, 2.05) is 13.8 Å². The lowest BCUT2D eigenvalue weighted by Crippen LogP contribution is -2.56. The Labute approximate surface area is 181 Å². The number of rotatable bonds is 7. The lowest BCUT2D eigenvalue weighted by Gasteiger charge is -2.34. The van der Waals surface area contributed by atoms with Gasteiger partial charge in [-0.3, -0.25) is 9.59 Å². The van der Waals surface area contributed by atoms with Crippen LogP contribution in [0.5, 0.6) is 0 Å². The third-order valence-corrected chi connectivity index (χ3v) is 6.20. The van der Waals surface area contributed by atoms with E-state index in [-0.39, 0.29) is 11.4 Å². The van der Waals surface area contributed by atoms with Crippen LogP contribution in [0.15, 0.2) is 35.1 Å². The summed E-state index contributed by atoms with van der Waals surface area (Å²) in [7, 11) is 0. The molecule has 1 aliphatic rings. The van der Waals surface area contributed by atoms with Crippen molar-refractivity contribution in [3.8, 4) is 0 Å². The van der Waals surface area contributed by atoms with E-state index in [1.165, 1.54) is 12.1 Å². The standard InChI is InChI=1S/C24H29FN2O4/c1-3-20-16(2)15-19(21(28)26-24(23(30)31)12-5-4-6-13-24)22(29)27(20)14-11-17-7-9-18(25)10-8-17/h7-10,15H,3-6,11-14H2,1-2H3,(H,26,28)(H,30,31). The van der Waals surface area contributed by atoms with Crippen molar-refractivity contribution in [1.82, 2.24) is 9.88 Å². The lowest BCUT2D eigenvalue weighted by atomic mass is 9.81. The molecule has 1 aromatic carbocycles. The minimum absolute atomic E-state index is 0.0417. The molecule has 1 saturated carbocycles. The number of amides is 1. The van der Waals surface area contributed by atoms with Crippen molar-refractivity contribution >= 4 is 11.9 Å². The smallest absolute Gasteiger partial charge is 0.329 e. The first-order chi connectivity index (χ1) is 14.8. The number of carboxylic acid groups (broad SMARTS) is 1. The number of benzene rings is 1. The molecule has 0 radical (unpaired) electrons. The normalized spacial score (nSPS) is 15.5. The van der Waals surface area contributed by atoms with Gasteiger partial charge in [-0.05, 0) is 61.9 Å². The number of aliphatic carboxylic acids is 1. The van der Waals surface area contributed by atoms with Crippen molar-refractivity contribution in [2.24, 2.45) is 0 Å². The molecule has 1 amide bonds. The molecule has 0 saturated heterocycles. The molecule has 0 unspecified atom stereocenters. The van der Waals surface area contributed by atoms with Crippen LogP contribution < -0.4 is 10.9 Å². The van der Waals surface area contributed by atoms with E-state index in [0.717, 1.165) is 36.1 Å². The van der Waals surface area contributed by atoms with E-state index in [0.29, 0.717) is 32.2 Å². The van der Waals surface area contributed by atoms with Crippen molar-refractivity contribution in [3.05, 3.63) is 68.9 Å². The Balaban J connectivity index is 1.91. The average molecular weight is 429 g/mol. The summed E-state index contributed by atoms with van der Waals surface area (Å²) >= 11 is 0. The maximum Gasteiger partial charge on any atom is 0.329 e. The molecule has 0 atom stereocenters. The Kier molecular flexibility index (Phi) is 6.93. The van der Waals surface area contributed by atoms with E-state index in [2.05, 4.69) is 5.32 Å². The molecule has 31 heavy (non-hydrogen) atoms. The number of carbonyl (C=O) groups excluding carboxylic acids is 1. The highest BCUT2D eigenvalue weighted by atomic mass is 19.1. The second-order valence-electron chi connectivity index (χ2n) is 8.28. The second kappa shape index (κ2) is 9.45. The number of halogens is 1. The second-order valence-corrected chi connectivity index (χ2v) is 8.28. The molecule has 2 N–H and O–H groups in total. The predicted molar refractivity (Wildman–Crippen MR) is 116 cm³/mol. The fraction of sp³-hybridized carbons (Fsp3) is 0.458. The molecule has 1 aliphatic carbocycles. The van der Waals surface area contributed by atoms with E-state index in [4.69, 9.17) is 0 Å². The molecule has 0 spiro atoms. The summed E-state index contributed by atoms with van der Waals surface area (Å²) in [6.07, 6.45) is 4.23. The minimum atomic E-state index is -1.32. The predicted octanol–water partition coefficient (Wildman–Crippen LogP) is 3.62.